The first-order chi connectivity index (χ1) is 11.5. The van der Waals surface area contributed by atoms with Crippen LogP contribution in [-0.4, -0.2) is 23.9 Å². The first kappa shape index (κ1) is 15.8. The van der Waals surface area contributed by atoms with Crippen LogP contribution in [0.1, 0.15) is 5.56 Å². The van der Waals surface area contributed by atoms with E-state index in [4.69, 9.17) is 0 Å². The smallest absolute Gasteiger partial charge is 0.279 e. The van der Waals surface area contributed by atoms with Crippen molar-refractivity contribution >= 4 is 18.3 Å². The predicted molar refractivity (Wildman–Crippen MR) is 95.5 cm³/mol. The number of anilines is 1. The number of aromatic nitrogens is 2. The van der Waals surface area contributed by atoms with Crippen molar-refractivity contribution in [2.45, 2.75) is 0 Å². The van der Waals surface area contributed by atoms with Crippen LogP contribution in [0.25, 0.3) is 18.3 Å². The zero-order chi connectivity index (χ0) is 17.3. The Kier molecular flexibility index (Phi) is 4.08. The van der Waals surface area contributed by atoms with E-state index in [1.54, 1.807) is 18.2 Å². The standard InChI is InChI=1S/C19H18FN3O/c1-13-18(12-14-4-8-16(9-5-14)22(2)3)19(24)23(21-13)17-10-6-15(20)7-11-17/h4-12,21H,1H2,2-3H3. The number of nitrogens with one attached hydrogen (secondary N) is 1. The molecule has 0 fully saturated rings. The maximum absolute atomic E-state index is 13.0. The molecular formula is C19H18FN3O. The van der Waals surface area contributed by atoms with Crippen molar-refractivity contribution < 1.29 is 4.39 Å². The summed E-state index contributed by atoms with van der Waals surface area (Å²) in [4.78, 5) is 14.6. The topological polar surface area (TPSA) is 41.0 Å². The van der Waals surface area contributed by atoms with Crippen LogP contribution in [0.3, 0.4) is 0 Å². The Balaban J connectivity index is 2.07. The van der Waals surface area contributed by atoms with Gasteiger partial charge in [0.1, 0.15) is 5.82 Å². The molecular weight excluding hydrogens is 305 g/mol. The van der Waals surface area contributed by atoms with E-state index in [9.17, 15) is 9.18 Å². The molecule has 1 heterocycles. The molecule has 0 aliphatic heterocycles. The molecule has 3 rings (SSSR count). The van der Waals surface area contributed by atoms with Crippen molar-refractivity contribution in [2.24, 2.45) is 0 Å². The molecule has 0 amide bonds. The molecule has 0 atom stereocenters. The van der Waals surface area contributed by atoms with Crippen molar-refractivity contribution in [1.29, 1.82) is 0 Å². The second kappa shape index (κ2) is 6.20. The molecule has 24 heavy (non-hydrogen) atoms. The zero-order valence-electron chi connectivity index (χ0n) is 13.6. The number of aromatic amines is 1. The average molecular weight is 323 g/mol. The van der Waals surface area contributed by atoms with Crippen LogP contribution in [-0.2, 0) is 0 Å². The molecule has 0 saturated heterocycles. The third-order valence-corrected chi connectivity index (χ3v) is 3.81. The Morgan fingerprint density at radius 1 is 1.08 bits per heavy atom. The molecule has 0 bridgehead atoms. The van der Waals surface area contributed by atoms with Crippen LogP contribution >= 0.6 is 0 Å². The third kappa shape index (κ3) is 3.01. The van der Waals surface area contributed by atoms with E-state index in [1.165, 1.54) is 16.8 Å². The molecule has 2 aromatic carbocycles. The second-order valence-corrected chi connectivity index (χ2v) is 5.75. The highest BCUT2D eigenvalue weighted by Gasteiger charge is 2.05. The van der Waals surface area contributed by atoms with Gasteiger partial charge in [0.05, 0.1) is 16.3 Å². The maximum atomic E-state index is 13.0. The van der Waals surface area contributed by atoms with Crippen LogP contribution < -0.4 is 21.0 Å². The minimum absolute atomic E-state index is 0.219. The fraction of sp³-hybridized carbons (Fsp3) is 0.105. The summed E-state index contributed by atoms with van der Waals surface area (Å²) in [6, 6.07) is 13.6. The third-order valence-electron chi connectivity index (χ3n) is 3.81. The first-order valence-electron chi connectivity index (χ1n) is 7.51. The lowest BCUT2D eigenvalue weighted by molar-refractivity contribution is 0.627. The SMILES string of the molecule is C=c1[nH]n(-c2ccc(F)cc2)c(=O)c1=Cc1ccc(N(C)C)cc1. The fourth-order valence-corrected chi connectivity index (χ4v) is 2.45. The number of hydrogen-bond donors (Lipinski definition) is 1. The molecule has 1 N–H and O–H groups in total. The Morgan fingerprint density at radius 2 is 1.71 bits per heavy atom. The Morgan fingerprint density at radius 3 is 2.29 bits per heavy atom. The Labute approximate surface area is 138 Å². The second-order valence-electron chi connectivity index (χ2n) is 5.75. The number of rotatable bonds is 3. The quantitative estimate of drug-likeness (QED) is 0.796. The van der Waals surface area contributed by atoms with Gasteiger partial charge in [0, 0.05) is 19.8 Å². The number of hydrogen-bond acceptors (Lipinski definition) is 2. The number of halogens is 1. The predicted octanol–water partition coefficient (Wildman–Crippen LogP) is 1.61. The summed E-state index contributed by atoms with van der Waals surface area (Å²) in [7, 11) is 3.95. The van der Waals surface area contributed by atoms with Crippen LogP contribution in [0.2, 0.25) is 0 Å². The van der Waals surface area contributed by atoms with Gasteiger partial charge in [0.2, 0.25) is 0 Å². The summed E-state index contributed by atoms with van der Waals surface area (Å²) < 4.78 is 14.4. The van der Waals surface area contributed by atoms with E-state index < -0.39 is 0 Å². The van der Waals surface area contributed by atoms with E-state index in [0.717, 1.165) is 11.3 Å². The summed E-state index contributed by atoms with van der Waals surface area (Å²) in [6.07, 6.45) is 1.79. The summed E-state index contributed by atoms with van der Waals surface area (Å²) in [5.41, 5.74) is 2.34. The molecule has 3 aromatic rings. The van der Waals surface area contributed by atoms with E-state index in [1.807, 2.05) is 43.3 Å². The number of benzene rings is 2. The van der Waals surface area contributed by atoms with Gasteiger partial charge in [-0.1, -0.05) is 18.7 Å². The van der Waals surface area contributed by atoms with Gasteiger partial charge in [-0.3, -0.25) is 9.89 Å². The molecule has 0 saturated carbocycles. The van der Waals surface area contributed by atoms with Crippen LogP contribution in [0.4, 0.5) is 10.1 Å². The molecule has 122 valence electrons. The minimum Gasteiger partial charge on any atom is -0.378 e. The van der Waals surface area contributed by atoms with Crippen molar-refractivity contribution in [3.8, 4) is 5.69 Å². The Hall–Kier alpha value is -3.08. The van der Waals surface area contributed by atoms with Gasteiger partial charge >= 0.3 is 0 Å². The van der Waals surface area contributed by atoms with Crippen LogP contribution in [0.5, 0.6) is 0 Å². The average Bonchev–Trinajstić information content (AvgIpc) is 2.84. The normalized spacial score (nSPS) is 11.7. The highest BCUT2D eigenvalue weighted by Crippen LogP contribution is 2.12. The van der Waals surface area contributed by atoms with E-state index in [2.05, 4.69) is 11.7 Å². The molecule has 1 aromatic heterocycles. The van der Waals surface area contributed by atoms with Gasteiger partial charge in [-0.05, 0) is 48.0 Å². The van der Waals surface area contributed by atoms with Gasteiger partial charge in [0.15, 0.2) is 0 Å². The largest absolute Gasteiger partial charge is 0.378 e. The summed E-state index contributed by atoms with van der Waals surface area (Å²) in [5, 5.41) is 3.93. The molecule has 0 aliphatic rings. The van der Waals surface area contributed by atoms with Gasteiger partial charge in [-0.15, -0.1) is 0 Å². The van der Waals surface area contributed by atoms with Gasteiger partial charge < -0.3 is 4.90 Å². The van der Waals surface area contributed by atoms with Crippen molar-refractivity contribution in [1.82, 2.24) is 9.78 Å². The monoisotopic (exact) mass is 323 g/mol. The summed E-state index contributed by atoms with van der Waals surface area (Å²) >= 11 is 0. The lowest BCUT2D eigenvalue weighted by Gasteiger charge is -2.11. The van der Waals surface area contributed by atoms with Crippen LogP contribution in [0.15, 0.2) is 53.3 Å². The molecule has 0 spiro atoms. The highest BCUT2D eigenvalue weighted by atomic mass is 19.1. The molecule has 4 nitrogen and oxygen atoms in total. The van der Waals surface area contributed by atoms with Crippen molar-refractivity contribution in [3.05, 3.63) is 80.8 Å². The maximum Gasteiger partial charge on any atom is 0.279 e. The fourth-order valence-electron chi connectivity index (χ4n) is 2.45. The molecule has 0 unspecified atom stereocenters. The highest BCUT2D eigenvalue weighted by molar-refractivity contribution is 5.55. The minimum atomic E-state index is -0.346. The first-order valence-corrected chi connectivity index (χ1v) is 7.51. The van der Waals surface area contributed by atoms with Gasteiger partial charge in [-0.25, -0.2) is 9.07 Å². The summed E-state index contributed by atoms with van der Waals surface area (Å²) in [6.45, 7) is 3.90. The Bertz CT molecular complexity index is 1010. The van der Waals surface area contributed by atoms with Gasteiger partial charge in [0.25, 0.3) is 5.56 Å². The van der Waals surface area contributed by atoms with Gasteiger partial charge in [-0.2, -0.15) is 0 Å². The van der Waals surface area contributed by atoms with Crippen LogP contribution in [0, 0.1) is 5.82 Å². The van der Waals surface area contributed by atoms with E-state index in [-0.39, 0.29) is 11.4 Å². The summed E-state index contributed by atoms with van der Waals surface area (Å²) in [5.74, 6) is -0.346. The van der Waals surface area contributed by atoms with E-state index in [0.29, 0.717) is 16.3 Å². The van der Waals surface area contributed by atoms with E-state index >= 15 is 0 Å². The lowest BCUT2D eigenvalue weighted by atomic mass is 10.1. The van der Waals surface area contributed by atoms with Crippen molar-refractivity contribution in [2.75, 3.05) is 19.0 Å². The molecule has 0 aliphatic carbocycles. The zero-order valence-corrected chi connectivity index (χ0v) is 13.6. The number of H-pyrrole nitrogens is 1. The number of nitrogens with zero attached hydrogens (tertiary/aromatic N) is 2. The lowest BCUT2D eigenvalue weighted by Crippen LogP contribution is -2.33. The van der Waals surface area contributed by atoms with Crippen molar-refractivity contribution in [3.63, 3.8) is 0 Å². The molecule has 5 heteroatoms. The molecule has 0 radical (unpaired) electrons.